The number of hydrogen-bond donors (Lipinski definition) is 2. The zero-order valence-electron chi connectivity index (χ0n) is 11.0. The van der Waals surface area contributed by atoms with E-state index in [4.69, 9.17) is 12.2 Å². The van der Waals surface area contributed by atoms with E-state index in [-0.39, 0.29) is 0 Å². The molecule has 100 valence electrons. The molecule has 0 aliphatic carbocycles. The van der Waals surface area contributed by atoms with Gasteiger partial charge in [-0.15, -0.1) is 0 Å². The zero-order valence-corrected chi connectivity index (χ0v) is 11.8. The molecule has 5 heteroatoms. The summed E-state index contributed by atoms with van der Waals surface area (Å²) in [6.45, 7) is 2.05. The van der Waals surface area contributed by atoms with Crippen LogP contribution in [0.15, 0.2) is 54.9 Å². The Kier molecular flexibility index (Phi) is 3.35. The Labute approximate surface area is 122 Å². The lowest BCUT2D eigenvalue weighted by atomic mass is 10.2. The normalized spacial score (nSPS) is 10.4. The SMILES string of the molecule is Cc1ccc(NC(=S)Nn2cnc3ccccc32)cc1. The van der Waals surface area contributed by atoms with Crippen molar-refractivity contribution >= 4 is 34.1 Å². The number of para-hydroxylation sites is 2. The number of fused-ring (bicyclic) bond motifs is 1. The highest BCUT2D eigenvalue weighted by Crippen LogP contribution is 2.11. The van der Waals surface area contributed by atoms with E-state index >= 15 is 0 Å². The second kappa shape index (κ2) is 5.30. The highest BCUT2D eigenvalue weighted by atomic mass is 32.1. The third-order valence-corrected chi connectivity index (χ3v) is 3.18. The smallest absolute Gasteiger partial charge is 0.190 e. The van der Waals surface area contributed by atoms with Crippen LogP contribution >= 0.6 is 12.2 Å². The molecule has 0 atom stereocenters. The molecule has 0 saturated heterocycles. The molecule has 0 radical (unpaired) electrons. The van der Waals surface area contributed by atoms with Gasteiger partial charge in [-0.2, -0.15) is 0 Å². The maximum Gasteiger partial charge on any atom is 0.190 e. The van der Waals surface area contributed by atoms with Gasteiger partial charge in [0.1, 0.15) is 6.33 Å². The van der Waals surface area contributed by atoms with Crippen molar-refractivity contribution in [2.45, 2.75) is 6.92 Å². The molecule has 2 aromatic carbocycles. The summed E-state index contributed by atoms with van der Waals surface area (Å²) < 4.78 is 1.80. The molecule has 0 amide bonds. The Bertz CT molecular complexity index is 746. The molecule has 0 aliphatic heterocycles. The average molecular weight is 282 g/mol. The topological polar surface area (TPSA) is 41.9 Å². The van der Waals surface area contributed by atoms with Gasteiger partial charge in [-0.05, 0) is 43.4 Å². The highest BCUT2D eigenvalue weighted by molar-refractivity contribution is 7.80. The van der Waals surface area contributed by atoms with Gasteiger partial charge in [0.2, 0.25) is 0 Å². The first-order valence-corrected chi connectivity index (χ1v) is 6.70. The third-order valence-electron chi connectivity index (χ3n) is 2.98. The monoisotopic (exact) mass is 282 g/mol. The summed E-state index contributed by atoms with van der Waals surface area (Å²) >= 11 is 5.31. The summed E-state index contributed by atoms with van der Waals surface area (Å²) in [5.74, 6) is 0. The van der Waals surface area contributed by atoms with Gasteiger partial charge in [0.25, 0.3) is 0 Å². The maximum absolute atomic E-state index is 5.31. The van der Waals surface area contributed by atoms with Crippen LogP contribution in [0.2, 0.25) is 0 Å². The van der Waals surface area contributed by atoms with Crippen LogP contribution in [-0.4, -0.2) is 14.8 Å². The molecule has 3 rings (SSSR count). The zero-order chi connectivity index (χ0) is 13.9. The fourth-order valence-electron chi connectivity index (χ4n) is 1.95. The van der Waals surface area contributed by atoms with Crippen molar-refractivity contribution in [3.05, 3.63) is 60.4 Å². The van der Waals surface area contributed by atoms with E-state index in [2.05, 4.69) is 22.7 Å². The van der Waals surface area contributed by atoms with Gasteiger partial charge in [0, 0.05) is 5.69 Å². The van der Waals surface area contributed by atoms with Crippen LogP contribution < -0.4 is 10.7 Å². The molecule has 0 saturated carbocycles. The van der Waals surface area contributed by atoms with Gasteiger partial charge < -0.3 is 5.32 Å². The quantitative estimate of drug-likeness (QED) is 0.708. The van der Waals surface area contributed by atoms with Crippen LogP contribution in [0.25, 0.3) is 11.0 Å². The minimum atomic E-state index is 0.525. The minimum absolute atomic E-state index is 0.525. The average Bonchev–Trinajstić information content (AvgIpc) is 2.85. The van der Waals surface area contributed by atoms with E-state index in [0.717, 1.165) is 16.7 Å². The molecule has 20 heavy (non-hydrogen) atoms. The van der Waals surface area contributed by atoms with E-state index in [9.17, 15) is 0 Å². The van der Waals surface area contributed by atoms with Crippen molar-refractivity contribution in [2.24, 2.45) is 0 Å². The van der Waals surface area contributed by atoms with Gasteiger partial charge in [0.15, 0.2) is 5.11 Å². The lowest BCUT2D eigenvalue weighted by Crippen LogP contribution is -2.26. The van der Waals surface area contributed by atoms with Crippen LogP contribution in [0.1, 0.15) is 5.56 Å². The van der Waals surface area contributed by atoms with Crippen LogP contribution in [0.4, 0.5) is 5.69 Å². The summed E-state index contributed by atoms with van der Waals surface area (Å²) in [7, 11) is 0. The molecule has 2 N–H and O–H groups in total. The van der Waals surface area contributed by atoms with Gasteiger partial charge in [-0.25, -0.2) is 9.66 Å². The van der Waals surface area contributed by atoms with Crippen molar-refractivity contribution in [3.8, 4) is 0 Å². The number of aryl methyl sites for hydroxylation is 1. The van der Waals surface area contributed by atoms with Crippen LogP contribution in [-0.2, 0) is 0 Å². The molecular weight excluding hydrogens is 268 g/mol. The second-order valence-electron chi connectivity index (χ2n) is 4.54. The minimum Gasteiger partial charge on any atom is -0.331 e. The lowest BCUT2D eigenvalue weighted by Gasteiger charge is -2.11. The molecule has 0 unspecified atom stereocenters. The fraction of sp³-hybridized carbons (Fsp3) is 0.0667. The van der Waals surface area contributed by atoms with Crippen LogP contribution in [0.3, 0.4) is 0 Å². The first-order chi connectivity index (χ1) is 9.72. The van der Waals surface area contributed by atoms with Crippen molar-refractivity contribution in [2.75, 3.05) is 10.7 Å². The molecule has 1 heterocycles. The number of imidazole rings is 1. The first-order valence-electron chi connectivity index (χ1n) is 6.29. The highest BCUT2D eigenvalue weighted by Gasteiger charge is 2.03. The summed E-state index contributed by atoms with van der Waals surface area (Å²) in [5.41, 5.74) is 7.19. The first kappa shape index (κ1) is 12.6. The van der Waals surface area contributed by atoms with E-state index < -0.39 is 0 Å². The van der Waals surface area contributed by atoms with Crippen LogP contribution in [0, 0.1) is 6.92 Å². The van der Waals surface area contributed by atoms with Crippen molar-refractivity contribution < 1.29 is 0 Å². The van der Waals surface area contributed by atoms with E-state index in [1.54, 1.807) is 11.0 Å². The molecule has 4 nitrogen and oxygen atoms in total. The Morgan fingerprint density at radius 1 is 1.10 bits per heavy atom. The maximum atomic E-state index is 5.31. The Morgan fingerprint density at radius 2 is 1.85 bits per heavy atom. The van der Waals surface area contributed by atoms with Crippen molar-refractivity contribution in [1.29, 1.82) is 0 Å². The van der Waals surface area contributed by atoms with Gasteiger partial charge in [0.05, 0.1) is 11.0 Å². The summed E-state index contributed by atoms with van der Waals surface area (Å²) in [5, 5.41) is 3.67. The molecule has 0 aliphatic rings. The number of aromatic nitrogens is 2. The molecule has 0 fully saturated rings. The molecule has 1 aromatic heterocycles. The number of nitrogens with zero attached hydrogens (tertiary/aromatic N) is 2. The Morgan fingerprint density at radius 3 is 2.65 bits per heavy atom. The van der Waals surface area contributed by atoms with Gasteiger partial charge in [-0.3, -0.25) is 5.43 Å². The van der Waals surface area contributed by atoms with Crippen molar-refractivity contribution in [1.82, 2.24) is 9.66 Å². The number of benzene rings is 2. The van der Waals surface area contributed by atoms with E-state index in [0.29, 0.717) is 5.11 Å². The van der Waals surface area contributed by atoms with Crippen molar-refractivity contribution in [3.63, 3.8) is 0 Å². The number of thiocarbonyl (C=S) groups is 1. The lowest BCUT2D eigenvalue weighted by molar-refractivity contribution is 1.01. The predicted molar refractivity (Wildman–Crippen MR) is 86.5 cm³/mol. The fourth-order valence-corrected chi connectivity index (χ4v) is 2.17. The third kappa shape index (κ3) is 2.62. The van der Waals surface area contributed by atoms with Crippen LogP contribution in [0.5, 0.6) is 0 Å². The summed E-state index contributed by atoms with van der Waals surface area (Å²) in [6, 6.07) is 16.0. The number of hydrogen-bond acceptors (Lipinski definition) is 2. The molecular formula is C15H14N4S. The summed E-state index contributed by atoms with van der Waals surface area (Å²) in [4.78, 5) is 4.30. The standard InChI is InChI=1S/C15H14N4S/c1-11-6-8-12(9-7-11)17-15(20)18-19-10-16-13-4-2-3-5-14(13)19/h2-10H,1H3,(H2,17,18,20). The molecule has 0 spiro atoms. The van der Waals surface area contributed by atoms with E-state index in [1.165, 1.54) is 5.56 Å². The number of nitrogens with one attached hydrogen (secondary N) is 2. The largest absolute Gasteiger partial charge is 0.331 e. The van der Waals surface area contributed by atoms with E-state index in [1.807, 2.05) is 48.5 Å². The molecule has 3 aromatic rings. The Balaban J connectivity index is 1.74. The number of rotatable bonds is 2. The number of anilines is 1. The predicted octanol–water partition coefficient (Wildman–Crippen LogP) is 3.29. The van der Waals surface area contributed by atoms with Gasteiger partial charge >= 0.3 is 0 Å². The second-order valence-corrected chi connectivity index (χ2v) is 4.94. The summed E-state index contributed by atoms with van der Waals surface area (Å²) in [6.07, 6.45) is 1.72. The van der Waals surface area contributed by atoms with Gasteiger partial charge in [-0.1, -0.05) is 29.8 Å². The molecule has 0 bridgehead atoms. The Hall–Kier alpha value is -2.40.